The van der Waals surface area contributed by atoms with Crippen molar-refractivity contribution >= 4 is 5.65 Å². The number of halogens is 3. The molecule has 1 aromatic carbocycles. The van der Waals surface area contributed by atoms with Crippen LogP contribution in [0.15, 0.2) is 36.7 Å². The van der Waals surface area contributed by atoms with Gasteiger partial charge in [-0.1, -0.05) is 12.8 Å². The molecular formula is C17H15F3N4O. The van der Waals surface area contributed by atoms with Gasteiger partial charge in [0.25, 0.3) is 0 Å². The summed E-state index contributed by atoms with van der Waals surface area (Å²) in [7, 11) is 0. The van der Waals surface area contributed by atoms with E-state index in [9.17, 15) is 13.2 Å². The first-order valence-electron chi connectivity index (χ1n) is 8.06. The van der Waals surface area contributed by atoms with E-state index in [-0.39, 0.29) is 5.75 Å². The normalized spacial score (nSPS) is 15.8. The predicted octanol–water partition coefficient (Wildman–Crippen LogP) is 4.35. The number of rotatable bonds is 3. The molecule has 0 atom stereocenters. The Morgan fingerprint density at radius 3 is 2.44 bits per heavy atom. The first-order chi connectivity index (χ1) is 12.0. The van der Waals surface area contributed by atoms with Crippen LogP contribution in [-0.4, -0.2) is 25.9 Å². The Bertz CT molecular complexity index is 883. The minimum atomic E-state index is -4.70. The summed E-state index contributed by atoms with van der Waals surface area (Å²) in [6.45, 7) is 0. The average molecular weight is 348 g/mol. The Balaban J connectivity index is 1.66. The van der Waals surface area contributed by atoms with E-state index >= 15 is 0 Å². The fourth-order valence-corrected chi connectivity index (χ4v) is 3.26. The summed E-state index contributed by atoms with van der Waals surface area (Å²) in [5.41, 5.74) is 2.01. The van der Waals surface area contributed by atoms with E-state index in [0.717, 1.165) is 18.7 Å². The highest BCUT2D eigenvalue weighted by molar-refractivity contribution is 5.60. The SMILES string of the molecule is FC(F)(F)Oc1ccc(-c2cn3c(C4CCCC4)nnc3cn2)cc1. The highest BCUT2D eigenvalue weighted by Crippen LogP contribution is 2.33. The van der Waals surface area contributed by atoms with Crippen molar-refractivity contribution in [2.75, 3.05) is 0 Å². The zero-order valence-corrected chi connectivity index (χ0v) is 13.2. The van der Waals surface area contributed by atoms with Gasteiger partial charge in [0, 0.05) is 17.7 Å². The highest BCUT2D eigenvalue weighted by atomic mass is 19.4. The predicted molar refractivity (Wildman–Crippen MR) is 84.1 cm³/mol. The van der Waals surface area contributed by atoms with Crippen LogP contribution in [0, 0.1) is 0 Å². The summed E-state index contributed by atoms with van der Waals surface area (Å²) in [6, 6.07) is 5.65. The molecule has 0 amide bonds. The van der Waals surface area contributed by atoms with Crippen molar-refractivity contribution in [2.24, 2.45) is 0 Å². The Hall–Kier alpha value is -2.64. The number of ether oxygens (including phenoxy) is 1. The second-order valence-corrected chi connectivity index (χ2v) is 6.11. The number of hydrogen-bond acceptors (Lipinski definition) is 4. The zero-order valence-electron chi connectivity index (χ0n) is 13.2. The molecule has 1 aliphatic carbocycles. The van der Waals surface area contributed by atoms with E-state index in [1.807, 2.05) is 10.6 Å². The number of fused-ring (bicyclic) bond motifs is 1. The van der Waals surface area contributed by atoms with Crippen LogP contribution in [0.1, 0.15) is 37.4 Å². The van der Waals surface area contributed by atoms with Crippen LogP contribution in [-0.2, 0) is 0 Å². The fraction of sp³-hybridized carbons (Fsp3) is 0.353. The molecule has 0 spiro atoms. The smallest absolute Gasteiger partial charge is 0.406 e. The summed E-state index contributed by atoms with van der Waals surface area (Å²) in [5, 5.41) is 8.45. The van der Waals surface area contributed by atoms with Crippen LogP contribution < -0.4 is 4.74 Å². The second-order valence-electron chi connectivity index (χ2n) is 6.11. The molecule has 0 saturated heterocycles. The third-order valence-corrected chi connectivity index (χ3v) is 4.42. The summed E-state index contributed by atoms with van der Waals surface area (Å²) in [6.07, 6.45) is 3.35. The van der Waals surface area contributed by atoms with Crippen LogP contribution in [0.25, 0.3) is 16.9 Å². The molecule has 2 aromatic heterocycles. The lowest BCUT2D eigenvalue weighted by molar-refractivity contribution is -0.274. The van der Waals surface area contributed by atoms with Crippen molar-refractivity contribution in [3.05, 3.63) is 42.5 Å². The molecular weight excluding hydrogens is 333 g/mol. The van der Waals surface area contributed by atoms with Crippen molar-refractivity contribution in [1.29, 1.82) is 0 Å². The van der Waals surface area contributed by atoms with Gasteiger partial charge in [0.15, 0.2) is 5.65 Å². The number of aromatic nitrogens is 4. The maximum Gasteiger partial charge on any atom is 0.573 e. The van der Waals surface area contributed by atoms with Gasteiger partial charge < -0.3 is 4.74 Å². The fourth-order valence-electron chi connectivity index (χ4n) is 3.26. The molecule has 130 valence electrons. The van der Waals surface area contributed by atoms with E-state index in [1.165, 1.54) is 25.0 Å². The lowest BCUT2D eigenvalue weighted by Gasteiger charge is -2.10. The Labute approximate surface area is 141 Å². The number of hydrogen-bond donors (Lipinski definition) is 0. The van der Waals surface area contributed by atoms with Gasteiger partial charge in [-0.15, -0.1) is 23.4 Å². The van der Waals surface area contributed by atoms with E-state index in [1.54, 1.807) is 18.3 Å². The third-order valence-electron chi connectivity index (χ3n) is 4.42. The van der Waals surface area contributed by atoms with Crippen LogP contribution in [0.2, 0.25) is 0 Å². The molecule has 1 saturated carbocycles. The monoisotopic (exact) mass is 348 g/mol. The van der Waals surface area contributed by atoms with Gasteiger partial charge in [0.05, 0.1) is 11.9 Å². The number of nitrogens with zero attached hydrogens (tertiary/aromatic N) is 4. The molecule has 0 unspecified atom stereocenters. The first kappa shape index (κ1) is 15.9. The van der Waals surface area contributed by atoms with Gasteiger partial charge in [-0.3, -0.25) is 9.38 Å². The molecule has 1 fully saturated rings. The van der Waals surface area contributed by atoms with Gasteiger partial charge in [-0.05, 0) is 37.1 Å². The average Bonchev–Trinajstić information content (AvgIpc) is 3.22. The van der Waals surface area contributed by atoms with E-state index in [2.05, 4.69) is 19.9 Å². The lowest BCUT2D eigenvalue weighted by Crippen LogP contribution is -2.16. The molecule has 4 rings (SSSR count). The minimum Gasteiger partial charge on any atom is -0.406 e. The van der Waals surface area contributed by atoms with Crippen molar-refractivity contribution in [2.45, 2.75) is 38.0 Å². The number of alkyl halides is 3. The second kappa shape index (κ2) is 6.02. The summed E-state index contributed by atoms with van der Waals surface area (Å²) in [4.78, 5) is 4.33. The van der Waals surface area contributed by atoms with E-state index in [0.29, 0.717) is 22.8 Å². The standard InChI is InChI=1S/C17H15F3N4O/c18-17(19,20)25-13-7-5-11(6-8-13)14-10-24-15(9-21-14)22-23-16(24)12-3-1-2-4-12/h5-10,12H,1-4H2. The van der Waals surface area contributed by atoms with Gasteiger partial charge in [-0.2, -0.15) is 0 Å². The van der Waals surface area contributed by atoms with Gasteiger partial charge in [-0.25, -0.2) is 0 Å². The molecule has 8 heteroatoms. The van der Waals surface area contributed by atoms with Crippen molar-refractivity contribution in [3.8, 4) is 17.0 Å². The molecule has 0 aliphatic heterocycles. The Kier molecular flexibility index (Phi) is 3.82. The van der Waals surface area contributed by atoms with Crippen LogP contribution in [0.3, 0.4) is 0 Å². The largest absolute Gasteiger partial charge is 0.573 e. The molecule has 2 heterocycles. The topological polar surface area (TPSA) is 52.3 Å². The van der Waals surface area contributed by atoms with Crippen molar-refractivity contribution in [3.63, 3.8) is 0 Å². The Morgan fingerprint density at radius 1 is 1.04 bits per heavy atom. The minimum absolute atomic E-state index is 0.256. The van der Waals surface area contributed by atoms with E-state index < -0.39 is 6.36 Å². The third kappa shape index (κ3) is 3.29. The molecule has 0 radical (unpaired) electrons. The molecule has 5 nitrogen and oxygen atoms in total. The van der Waals surface area contributed by atoms with Crippen molar-refractivity contribution < 1.29 is 17.9 Å². The zero-order chi connectivity index (χ0) is 17.4. The van der Waals surface area contributed by atoms with E-state index in [4.69, 9.17) is 0 Å². The summed E-state index contributed by atoms with van der Waals surface area (Å²) < 4.78 is 42.6. The molecule has 3 aromatic rings. The van der Waals surface area contributed by atoms with Crippen LogP contribution >= 0.6 is 0 Å². The van der Waals surface area contributed by atoms with Gasteiger partial charge in [0.1, 0.15) is 11.6 Å². The highest BCUT2D eigenvalue weighted by Gasteiger charge is 2.31. The maximum atomic E-state index is 12.2. The molecule has 0 N–H and O–H groups in total. The maximum absolute atomic E-state index is 12.2. The van der Waals surface area contributed by atoms with Crippen molar-refractivity contribution in [1.82, 2.24) is 19.6 Å². The van der Waals surface area contributed by atoms with Crippen LogP contribution in [0.5, 0.6) is 5.75 Å². The van der Waals surface area contributed by atoms with Gasteiger partial charge >= 0.3 is 6.36 Å². The molecule has 25 heavy (non-hydrogen) atoms. The lowest BCUT2D eigenvalue weighted by atomic mass is 10.1. The first-order valence-corrected chi connectivity index (χ1v) is 8.06. The Morgan fingerprint density at radius 2 is 1.76 bits per heavy atom. The number of benzene rings is 1. The summed E-state index contributed by atoms with van der Waals surface area (Å²) >= 11 is 0. The molecule has 0 bridgehead atoms. The van der Waals surface area contributed by atoms with Gasteiger partial charge in [0.2, 0.25) is 0 Å². The molecule has 1 aliphatic rings. The summed E-state index contributed by atoms with van der Waals surface area (Å²) in [5.74, 6) is 1.06. The quantitative estimate of drug-likeness (QED) is 0.706. The van der Waals surface area contributed by atoms with Crippen LogP contribution in [0.4, 0.5) is 13.2 Å².